The molecule has 1 amide bonds. The third-order valence-electron chi connectivity index (χ3n) is 2.58. The summed E-state index contributed by atoms with van der Waals surface area (Å²) in [6, 6.07) is 11.1. The van der Waals surface area contributed by atoms with E-state index in [0.29, 0.717) is 17.3 Å². The number of methoxy groups -OCH3 is 1. The van der Waals surface area contributed by atoms with Crippen LogP contribution in [-0.4, -0.2) is 18.2 Å². The molecule has 104 valence electrons. The van der Waals surface area contributed by atoms with Crippen LogP contribution in [0.4, 0.5) is 16.3 Å². The van der Waals surface area contributed by atoms with E-state index in [4.69, 9.17) is 11.6 Å². The maximum atomic E-state index is 11.0. The number of carbonyl (C=O) groups is 1. The van der Waals surface area contributed by atoms with Crippen LogP contribution in [0.5, 0.6) is 0 Å². The number of hydrogen-bond acceptors (Lipinski definition) is 4. The first-order valence-electron chi connectivity index (χ1n) is 5.97. The normalized spacial score (nSPS) is 9.90. The molecule has 2 rings (SSSR count). The second-order valence-corrected chi connectivity index (χ2v) is 4.47. The van der Waals surface area contributed by atoms with Gasteiger partial charge in [-0.25, -0.2) is 9.78 Å². The lowest BCUT2D eigenvalue weighted by atomic mass is 10.2. The average molecular weight is 292 g/mol. The lowest BCUT2D eigenvalue weighted by molar-refractivity contribution is 0.187. The number of halogens is 1. The molecular formula is C14H14ClN3O2. The molecule has 2 aromatic rings. The van der Waals surface area contributed by atoms with E-state index in [-0.39, 0.29) is 0 Å². The predicted molar refractivity (Wildman–Crippen MR) is 79.0 cm³/mol. The molecule has 0 unspecified atom stereocenters. The summed E-state index contributed by atoms with van der Waals surface area (Å²) in [5.41, 5.74) is 1.68. The van der Waals surface area contributed by atoms with Crippen molar-refractivity contribution in [1.29, 1.82) is 0 Å². The molecule has 0 spiro atoms. The lowest BCUT2D eigenvalue weighted by Gasteiger charge is -2.07. The van der Waals surface area contributed by atoms with Crippen molar-refractivity contribution in [2.24, 2.45) is 0 Å². The molecule has 0 saturated heterocycles. The van der Waals surface area contributed by atoms with E-state index in [1.807, 2.05) is 24.3 Å². The first-order chi connectivity index (χ1) is 9.67. The Morgan fingerprint density at radius 2 is 2.00 bits per heavy atom. The van der Waals surface area contributed by atoms with Crippen LogP contribution in [0.25, 0.3) is 0 Å². The van der Waals surface area contributed by atoms with E-state index in [0.717, 1.165) is 11.4 Å². The Labute approximate surface area is 121 Å². The first-order valence-corrected chi connectivity index (χ1v) is 6.34. The average Bonchev–Trinajstić information content (AvgIpc) is 2.48. The van der Waals surface area contributed by atoms with Gasteiger partial charge in [0.25, 0.3) is 0 Å². The molecular weight excluding hydrogens is 278 g/mol. The number of aromatic nitrogens is 1. The van der Waals surface area contributed by atoms with Crippen LogP contribution in [0.2, 0.25) is 5.02 Å². The van der Waals surface area contributed by atoms with Crippen molar-refractivity contribution in [3.05, 3.63) is 53.2 Å². The number of benzene rings is 1. The van der Waals surface area contributed by atoms with Gasteiger partial charge in [0.05, 0.1) is 19.0 Å². The summed E-state index contributed by atoms with van der Waals surface area (Å²) in [5.74, 6) is 0.718. The maximum absolute atomic E-state index is 11.0. The third kappa shape index (κ3) is 4.13. The highest BCUT2D eigenvalue weighted by molar-refractivity contribution is 6.30. The molecule has 0 radical (unpaired) electrons. The summed E-state index contributed by atoms with van der Waals surface area (Å²) in [6.07, 6.45) is 1.04. The summed E-state index contributed by atoms with van der Waals surface area (Å²) >= 11 is 5.82. The van der Waals surface area contributed by atoms with E-state index in [9.17, 15) is 4.79 Å². The van der Waals surface area contributed by atoms with Crippen molar-refractivity contribution in [1.82, 2.24) is 4.98 Å². The summed E-state index contributed by atoms with van der Waals surface area (Å²) in [7, 11) is 1.31. The predicted octanol–water partition coefficient (Wildman–Crippen LogP) is 3.53. The molecule has 0 fully saturated rings. The Hall–Kier alpha value is -2.27. The zero-order valence-electron chi connectivity index (χ0n) is 10.9. The lowest BCUT2D eigenvalue weighted by Crippen LogP contribution is -2.11. The van der Waals surface area contributed by atoms with Gasteiger partial charge in [-0.2, -0.15) is 0 Å². The SMILES string of the molecule is COC(=O)Nc1ccc(NCc2ccc(Cl)cc2)nc1. The molecule has 2 N–H and O–H groups in total. The van der Waals surface area contributed by atoms with Crippen LogP contribution in [0.1, 0.15) is 5.56 Å². The van der Waals surface area contributed by atoms with E-state index in [2.05, 4.69) is 20.4 Å². The van der Waals surface area contributed by atoms with Crippen LogP contribution in [0, 0.1) is 0 Å². The minimum Gasteiger partial charge on any atom is -0.453 e. The van der Waals surface area contributed by atoms with Crippen molar-refractivity contribution >= 4 is 29.2 Å². The molecule has 1 aromatic carbocycles. The van der Waals surface area contributed by atoms with Gasteiger partial charge in [-0.1, -0.05) is 23.7 Å². The number of nitrogens with zero attached hydrogens (tertiary/aromatic N) is 1. The molecule has 0 saturated carbocycles. The molecule has 0 aliphatic carbocycles. The van der Waals surface area contributed by atoms with Crippen LogP contribution in [0.3, 0.4) is 0 Å². The molecule has 0 bridgehead atoms. The monoisotopic (exact) mass is 291 g/mol. The molecule has 20 heavy (non-hydrogen) atoms. The van der Waals surface area contributed by atoms with Gasteiger partial charge in [0.1, 0.15) is 5.82 Å². The fourth-order valence-electron chi connectivity index (χ4n) is 1.54. The summed E-state index contributed by atoms with van der Waals surface area (Å²) in [4.78, 5) is 15.2. The highest BCUT2D eigenvalue weighted by Crippen LogP contribution is 2.13. The van der Waals surface area contributed by atoms with Crippen LogP contribution in [0.15, 0.2) is 42.6 Å². The molecule has 1 heterocycles. The van der Waals surface area contributed by atoms with Gasteiger partial charge in [-0.15, -0.1) is 0 Å². The number of pyridine rings is 1. The molecule has 0 aliphatic heterocycles. The smallest absolute Gasteiger partial charge is 0.411 e. The van der Waals surface area contributed by atoms with E-state index >= 15 is 0 Å². The van der Waals surface area contributed by atoms with Crippen LogP contribution < -0.4 is 10.6 Å². The fourth-order valence-corrected chi connectivity index (χ4v) is 1.66. The quantitative estimate of drug-likeness (QED) is 0.904. The van der Waals surface area contributed by atoms with Crippen molar-refractivity contribution in [3.8, 4) is 0 Å². The zero-order chi connectivity index (χ0) is 14.4. The minimum absolute atomic E-state index is 0.520. The zero-order valence-corrected chi connectivity index (χ0v) is 11.6. The summed E-state index contributed by atoms with van der Waals surface area (Å²) in [6.45, 7) is 0.647. The molecule has 1 aromatic heterocycles. The molecule has 0 atom stereocenters. The van der Waals surface area contributed by atoms with E-state index in [1.165, 1.54) is 7.11 Å². The molecule has 0 aliphatic rings. The fraction of sp³-hybridized carbons (Fsp3) is 0.143. The van der Waals surface area contributed by atoms with E-state index in [1.54, 1.807) is 18.3 Å². The second-order valence-electron chi connectivity index (χ2n) is 4.03. The Morgan fingerprint density at radius 1 is 1.25 bits per heavy atom. The number of rotatable bonds is 4. The number of nitrogens with one attached hydrogen (secondary N) is 2. The first kappa shape index (κ1) is 14.1. The Balaban J connectivity index is 1.90. The Bertz CT molecular complexity index is 570. The van der Waals surface area contributed by atoms with Gasteiger partial charge in [0.2, 0.25) is 0 Å². The highest BCUT2D eigenvalue weighted by Gasteiger charge is 2.01. The van der Waals surface area contributed by atoms with Crippen molar-refractivity contribution in [3.63, 3.8) is 0 Å². The minimum atomic E-state index is -0.520. The number of hydrogen-bond donors (Lipinski definition) is 2. The molecule has 5 nitrogen and oxygen atoms in total. The maximum Gasteiger partial charge on any atom is 0.411 e. The van der Waals surface area contributed by atoms with Gasteiger partial charge in [-0.3, -0.25) is 5.32 Å². The number of carbonyl (C=O) groups excluding carboxylic acids is 1. The van der Waals surface area contributed by atoms with Crippen molar-refractivity contribution in [2.45, 2.75) is 6.54 Å². The summed E-state index contributed by atoms with van der Waals surface area (Å²) < 4.78 is 4.50. The van der Waals surface area contributed by atoms with Crippen molar-refractivity contribution < 1.29 is 9.53 Å². The second kappa shape index (κ2) is 6.77. The van der Waals surface area contributed by atoms with Crippen molar-refractivity contribution in [2.75, 3.05) is 17.7 Å². The largest absolute Gasteiger partial charge is 0.453 e. The number of ether oxygens (including phenoxy) is 1. The van der Waals surface area contributed by atoms with Crippen LogP contribution in [-0.2, 0) is 11.3 Å². The highest BCUT2D eigenvalue weighted by atomic mass is 35.5. The standard InChI is InChI=1S/C14H14ClN3O2/c1-20-14(19)18-12-6-7-13(17-9-12)16-8-10-2-4-11(15)5-3-10/h2-7,9H,8H2,1H3,(H,16,17)(H,18,19). The number of anilines is 2. The van der Waals surface area contributed by atoms with Gasteiger partial charge >= 0.3 is 6.09 Å². The van der Waals surface area contributed by atoms with Gasteiger partial charge in [-0.05, 0) is 29.8 Å². The van der Waals surface area contributed by atoms with Gasteiger partial charge < -0.3 is 10.1 Å². The summed E-state index contributed by atoms with van der Waals surface area (Å²) in [5, 5.41) is 6.42. The molecule has 6 heteroatoms. The van der Waals surface area contributed by atoms with Gasteiger partial charge in [0, 0.05) is 11.6 Å². The Morgan fingerprint density at radius 3 is 2.60 bits per heavy atom. The Kier molecular flexibility index (Phi) is 4.79. The van der Waals surface area contributed by atoms with E-state index < -0.39 is 6.09 Å². The third-order valence-corrected chi connectivity index (χ3v) is 2.83. The topological polar surface area (TPSA) is 63.2 Å². The van der Waals surface area contributed by atoms with Crippen LogP contribution >= 0.6 is 11.6 Å². The number of amides is 1. The van der Waals surface area contributed by atoms with Gasteiger partial charge in [0.15, 0.2) is 0 Å².